The third-order valence-electron chi connectivity index (χ3n) is 12.6. The van der Waals surface area contributed by atoms with Crippen molar-refractivity contribution in [2.24, 2.45) is 0 Å². The predicted molar refractivity (Wildman–Crippen MR) is 250 cm³/mol. The Kier molecular flexibility index (Phi) is 7.10. The summed E-state index contributed by atoms with van der Waals surface area (Å²) in [5.41, 5.74) is 17.4. The minimum atomic E-state index is -0.117. The zero-order valence-electron chi connectivity index (χ0n) is 32.5. The first-order valence-electron chi connectivity index (χ1n) is 20.6. The SMILES string of the molecule is c1ccc(N2c3ccccc3B3c4cc5c(nc4N(c4ccccc4)c4cccc2c43)N(c2ccccc2)c2nccc3c2B5c2ccccc2N3c2ccccc2)cc1. The van der Waals surface area contributed by atoms with Crippen LogP contribution in [0, 0.1) is 0 Å². The molecule has 4 aliphatic heterocycles. The highest BCUT2D eigenvalue weighted by Gasteiger charge is 2.49. The van der Waals surface area contributed by atoms with Crippen molar-refractivity contribution >= 4 is 115 Å². The molecule has 0 radical (unpaired) electrons. The second-order valence-electron chi connectivity index (χ2n) is 15.8. The Hall–Kier alpha value is -7.83. The lowest BCUT2D eigenvalue weighted by molar-refractivity contribution is 1.11. The summed E-state index contributed by atoms with van der Waals surface area (Å²) in [5.74, 6) is 2.71. The van der Waals surface area contributed by atoms with Gasteiger partial charge in [0.25, 0.3) is 13.4 Å². The van der Waals surface area contributed by atoms with Crippen molar-refractivity contribution in [3.8, 4) is 0 Å². The van der Waals surface area contributed by atoms with Gasteiger partial charge in [0.15, 0.2) is 0 Å². The first-order chi connectivity index (χ1) is 29.8. The molecule has 4 aliphatic rings. The number of anilines is 12. The van der Waals surface area contributed by atoms with Crippen LogP contribution >= 0.6 is 0 Å². The van der Waals surface area contributed by atoms with Crippen LogP contribution in [0.3, 0.4) is 0 Å². The largest absolute Gasteiger partial charge is 0.311 e. The summed E-state index contributed by atoms with van der Waals surface area (Å²) in [6.07, 6.45) is 1.96. The first kappa shape index (κ1) is 33.2. The summed E-state index contributed by atoms with van der Waals surface area (Å²) in [6, 6.07) is 72.1. The topological polar surface area (TPSA) is 38.7 Å². The average Bonchev–Trinajstić information content (AvgIpc) is 3.32. The predicted octanol–water partition coefficient (Wildman–Crippen LogP) is 8.64. The molecule has 0 aliphatic carbocycles. The maximum atomic E-state index is 5.96. The molecule has 0 unspecified atom stereocenters. The van der Waals surface area contributed by atoms with Gasteiger partial charge in [-0.1, -0.05) is 121 Å². The number of nitrogens with zero attached hydrogens (tertiary/aromatic N) is 6. The van der Waals surface area contributed by atoms with Crippen molar-refractivity contribution in [1.29, 1.82) is 0 Å². The van der Waals surface area contributed by atoms with Crippen molar-refractivity contribution in [2.45, 2.75) is 0 Å². The number of aromatic nitrogens is 2. The molecule has 6 nitrogen and oxygen atoms in total. The molecular formula is C52H34B2N6. The van der Waals surface area contributed by atoms with Gasteiger partial charge in [-0.25, -0.2) is 9.97 Å². The van der Waals surface area contributed by atoms with Gasteiger partial charge < -0.3 is 9.80 Å². The Morgan fingerprint density at radius 2 is 0.700 bits per heavy atom. The molecule has 13 rings (SSSR count). The Bertz CT molecular complexity index is 2940. The van der Waals surface area contributed by atoms with Crippen molar-refractivity contribution < 1.29 is 0 Å². The van der Waals surface area contributed by atoms with Crippen LogP contribution in [0.2, 0.25) is 0 Å². The molecule has 0 atom stereocenters. The van der Waals surface area contributed by atoms with Gasteiger partial charge in [-0.15, -0.1) is 0 Å². The molecule has 0 fully saturated rings. The molecule has 0 saturated carbocycles. The van der Waals surface area contributed by atoms with Crippen molar-refractivity contribution in [3.05, 3.63) is 206 Å². The summed E-state index contributed by atoms with van der Waals surface area (Å²) in [7, 11) is 0. The molecule has 9 aromatic rings. The first-order valence-corrected chi connectivity index (χ1v) is 20.6. The summed E-state index contributed by atoms with van der Waals surface area (Å²) in [6.45, 7) is -0.186. The Balaban J connectivity index is 1.14. The van der Waals surface area contributed by atoms with Crippen LogP contribution in [-0.2, 0) is 0 Å². The van der Waals surface area contributed by atoms with Gasteiger partial charge in [0.1, 0.15) is 17.5 Å². The van der Waals surface area contributed by atoms with Crippen molar-refractivity contribution in [3.63, 3.8) is 0 Å². The highest BCUT2D eigenvalue weighted by molar-refractivity contribution is 7.03. The maximum Gasteiger partial charge on any atom is 0.256 e. The van der Waals surface area contributed by atoms with Crippen LogP contribution < -0.4 is 52.4 Å². The van der Waals surface area contributed by atoms with E-state index in [-0.39, 0.29) is 13.4 Å². The second kappa shape index (κ2) is 12.8. The molecule has 0 spiro atoms. The molecular weight excluding hydrogens is 730 g/mol. The third-order valence-corrected chi connectivity index (χ3v) is 12.6. The number of hydrogen-bond acceptors (Lipinski definition) is 6. The van der Waals surface area contributed by atoms with E-state index in [2.05, 4.69) is 220 Å². The van der Waals surface area contributed by atoms with E-state index in [9.17, 15) is 0 Å². The van der Waals surface area contributed by atoms with Crippen LogP contribution in [0.15, 0.2) is 206 Å². The molecule has 60 heavy (non-hydrogen) atoms. The molecule has 0 N–H and O–H groups in total. The normalized spacial score (nSPS) is 13.8. The minimum Gasteiger partial charge on any atom is -0.311 e. The molecule has 2 aromatic heterocycles. The van der Waals surface area contributed by atoms with E-state index < -0.39 is 0 Å². The van der Waals surface area contributed by atoms with E-state index in [1.165, 1.54) is 38.7 Å². The molecule has 0 amide bonds. The molecule has 8 heteroatoms. The van der Waals surface area contributed by atoms with Crippen LogP contribution in [0.1, 0.15) is 0 Å². The molecule has 6 heterocycles. The van der Waals surface area contributed by atoms with Gasteiger partial charge in [0.05, 0.1) is 0 Å². The van der Waals surface area contributed by atoms with Crippen LogP contribution in [-0.4, -0.2) is 23.4 Å². The third kappa shape index (κ3) is 4.61. The van der Waals surface area contributed by atoms with Crippen molar-refractivity contribution in [2.75, 3.05) is 19.6 Å². The minimum absolute atomic E-state index is 0.0697. The van der Waals surface area contributed by atoms with Gasteiger partial charge in [-0.2, -0.15) is 0 Å². The summed E-state index contributed by atoms with van der Waals surface area (Å²) in [4.78, 5) is 20.7. The lowest BCUT2D eigenvalue weighted by atomic mass is 9.31. The fraction of sp³-hybridized carbons (Fsp3) is 0. The fourth-order valence-electron chi connectivity index (χ4n) is 10.3. The summed E-state index contributed by atoms with van der Waals surface area (Å²) in [5, 5.41) is 0. The van der Waals surface area contributed by atoms with Gasteiger partial charge in [-0.3, -0.25) is 9.80 Å². The van der Waals surface area contributed by atoms with Gasteiger partial charge in [0.2, 0.25) is 0 Å². The number of benzene rings is 7. The van der Waals surface area contributed by atoms with Gasteiger partial charge in [-0.05, 0) is 112 Å². The number of rotatable bonds is 4. The standard InChI is InChI=1S/C52H34B2N6/c1-5-18-35(19-6-1)57-43-28-15-13-26-39(43)53-41-34-42-51(56-50(41)59(37-22-9-3-10-23-37)46-31-17-30-45(57)48(46)53)60(38-24-11-4-12-25-38)52-49-47(32-33-55-52)58(36-20-7-2-8-21-36)44-29-16-14-27-40(44)54(42)49/h1-34H. The Morgan fingerprint density at radius 3 is 1.25 bits per heavy atom. The van der Waals surface area contributed by atoms with Crippen LogP contribution in [0.4, 0.5) is 68.6 Å². The second-order valence-corrected chi connectivity index (χ2v) is 15.8. The highest BCUT2D eigenvalue weighted by atomic mass is 15.3. The monoisotopic (exact) mass is 764 g/mol. The Labute approximate surface area is 349 Å². The van der Waals surface area contributed by atoms with E-state index in [0.717, 1.165) is 62.7 Å². The van der Waals surface area contributed by atoms with Gasteiger partial charge >= 0.3 is 0 Å². The van der Waals surface area contributed by atoms with Crippen LogP contribution in [0.5, 0.6) is 0 Å². The lowest BCUT2D eigenvalue weighted by Crippen LogP contribution is -2.65. The summed E-state index contributed by atoms with van der Waals surface area (Å²) >= 11 is 0. The van der Waals surface area contributed by atoms with E-state index in [0.29, 0.717) is 0 Å². The number of hydrogen-bond donors (Lipinski definition) is 0. The molecule has 278 valence electrons. The van der Waals surface area contributed by atoms with Crippen LogP contribution in [0.25, 0.3) is 0 Å². The number of fused-ring (bicyclic) bond motifs is 8. The smallest absolute Gasteiger partial charge is 0.256 e. The zero-order valence-corrected chi connectivity index (χ0v) is 32.5. The van der Waals surface area contributed by atoms with E-state index >= 15 is 0 Å². The quantitative estimate of drug-likeness (QED) is 0.167. The maximum absolute atomic E-state index is 5.96. The number of pyridine rings is 2. The molecule has 0 bridgehead atoms. The average molecular weight is 765 g/mol. The fourth-order valence-corrected chi connectivity index (χ4v) is 10.3. The number of para-hydroxylation sites is 6. The van der Waals surface area contributed by atoms with Crippen molar-refractivity contribution in [1.82, 2.24) is 9.97 Å². The Morgan fingerprint density at radius 1 is 0.300 bits per heavy atom. The molecule has 7 aromatic carbocycles. The van der Waals surface area contributed by atoms with E-state index in [1.807, 2.05) is 6.20 Å². The summed E-state index contributed by atoms with van der Waals surface area (Å²) < 4.78 is 0. The van der Waals surface area contributed by atoms with E-state index in [4.69, 9.17) is 9.97 Å². The molecule has 0 saturated heterocycles. The van der Waals surface area contributed by atoms with Gasteiger partial charge in [0, 0.05) is 57.4 Å². The zero-order chi connectivity index (χ0) is 39.3. The highest BCUT2D eigenvalue weighted by Crippen LogP contribution is 2.46. The lowest BCUT2D eigenvalue weighted by Gasteiger charge is -2.46. The van der Waals surface area contributed by atoms with E-state index in [1.54, 1.807) is 0 Å².